The van der Waals surface area contributed by atoms with Gasteiger partial charge in [0.25, 0.3) is 0 Å². The standard InChI is InChI=1S/C19H17ClF4N2O2/c1-10(17-5-3-12(8-25-17)28-9-19(22,23)24)26-18(27)15-7-14(15)13-4-2-11(21)6-16(13)20/h2-6,8,10,14-15H,7,9H2,1H3,(H,26,27)/t10-,14-,15+/m1/s1. The molecule has 1 heterocycles. The topological polar surface area (TPSA) is 51.2 Å². The minimum atomic E-state index is -4.42. The molecule has 3 rings (SSSR count). The number of amides is 1. The van der Waals surface area contributed by atoms with E-state index in [1.54, 1.807) is 13.0 Å². The number of carbonyl (C=O) groups excluding carboxylic acids is 1. The first-order valence-corrected chi connectivity index (χ1v) is 8.92. The number of alkyl halides is 3. The molecule has 4 nitrogen and oxygen atoms in total. The Kier molecular flexibility index (Phi) is 5.79. The number of hydrogen-bond donors (Lipinski definition) is 1. The highest BCUT2D eigenvalue weighted by Gasteiger charge is 2.45. The molecule has 28 heavy (non-hydrogen) atoms. The summed E-state index contributed by atoms with van der Waals surface area (Å²) in [5.74, 6) is -0.950. The van der Waals surface area contributed by atoms with Crippen molar-refractivity contribution in [2.75, 3.05) is 6.61 Å². The third-order valence-electron chi connectivity index (χ3n) is 4.45. The SMILES string of the molecule is C[C@@H](NC(=O)[C@H]1C[C@@H]1c1ccc(F)cc1Cl)c1ccc(OCC(F)(F)F)cn1. The molecule has 0 radical (unpaired) electrons. The zero-order valence-corrected chi connectivity index (χ0v) is 15.5. The van der Waals surface area contributed by atoms with Crippen molar-refractivity contribution < 1.29 is 27.1 Å². The number of nitrogens with one attached hydrogen (secondary N) is 1. The number of pyridine rings is 1. The number of benzene rings is 1. The van der Waals surface area contributed by atoms with E-state index in [1.165, 1.54) is 30.5 Å². The predicted molar refractivity (Wildman–Crippen MR) is 94.6 cm³/mol. The Bertz CT molecular complexity index is 858. The van der Waals surface area contributed by atoms with Crippen LogP contribution < -0.4 is 10.1 Å². The van der Waals surface area contributed by atoms with Crippen LogP contribution in [0.25, 0.3) is 0 Å². The maximum absolute atomic E-state index is 13.1. The quantitative estimate of drug-likeness (QED) is 0.688. The van der Waals surface area contributed by atoms with Crippen LogP contribution in [-0.2, 0) is 4.79 Å². The molecular formula is C19H17ClF4N2O2. The number of hydrogen-bond acceptors (Lipinski definition) is 3. The number of ether oxygens (including phenoxy) is 1. The summed E-state index contributed by atoms with van der Waals surface area (Å²) in [7, 11) is 0. The summed E-state index contributed by atoms with van der Waals surface area (Å²) in [4.78, 5) is 16.5. The highest BCUT2D eigenvalue weighted by atomic mass is 35.5. The van der Waals surface area contributed by atoms with Crippen LogP contribution in [0.3, 0.4) is 0 Å². The molecule has 0 aliphatic heterocycles. The molecule has 0 saturated heterocycles. The fourth-order valence-corrected chi connectivity index (χ4v) is 3.23. The predicted octanol–water partition coefficient (Wildman–Crippen LogP) is 4.80. The zero-order chi connectivity index (χ0) is 20.5. The van der Waals surface area contributed by atoms with Crippen molar-refractivity contribution in [3.05, 3.63) is 58.6 Å². The van der Waals surface area contributed by atoms with E-state index in [4.69, 9.17) is 11.6 Å². The number of halogens is 5. The van der Waals surface area contributed by atoms with Gasteiger partial charge in [0.05, 0.1) is 17.9 Å². The van der Waals surface area contributed by atoms with Crippen molar-refractivity contribution in [1.29, 1.82) is 0 Å². The molecule has 9 heteroatoms. The van der Waals surface area contributed by atoms with Gasteiger partial charge in [0.15, 0.2) is 6.61 Å². The molecule has 1 aliphatic rings. The summed E-state index contributed by atoms with van der Waals surface area (Å²) in [5, 5.41) is 3.12. The van der Waals surface area contributed by atoms with Gasteiger partial charge in [0, 0.05) is 10.9 Å². The number of nitrogens with zero attached hydrogens (tertiary/aromatic N) is 1. The Hall–Kier alpha value is -2.35. The van der Waals surface area contributed by atoms with Gasteiger partial charge in [0.1, 0.15) is 11.6 Å². The Morgan fingerprint density at radius 1 is 1.36 bits per heavy atom. The van der Waals surface area contributed by atoms with Crippen molar-refractivity contribution >= 4 is 17.5 Å². The smallest absolute Gasteiger partial charge is 0.422 e. The van der Waals surface area contributed by atoms with Gasteiger partial charge < -0.3 is 10.1 Å². The van der Waals surface area contributed by atoms with Gasteiger partial charge in [-0.05, 0) is 49.1 Å². The molecule has 1 aromatic heterocycles. The molecule has 3 atom stereocenters. The first-order valence-electron chi connectivity index (χ1n) is 8.55. The monoisotopic (exact) mass is 416 g/mol. The lowest BCUT2D eigenvalue weighted by Crippen LogP contribution is -2.29. The average Bonchev–Trinajstić information content (AvgIpc) is 3.40. The summed E-state index contributed by atoms with van der Waals surface area (Å²) in [5.41, 5.74) is 1.23. The van der Waals surface area contributed by atoms with E-state index < -0.39 is 24.6 Å². The number of aromatic nitrogens is 1. The highest BCUT2D eigenvalue weighted by Crippen LogP contribution is 2.50. The fourth-order valence-electron chi connectivity index (χ4n) is 2.92. The van der Waals surface area contributed by atoms with E-state index in [9.17, 15) is 22.4 Å². The Labute approximate surface area is 163 Å². The number of carbonyl (C=O) groups is 1. The molecule has 1 aliphatic carbocycles. The van der Waals surface area contributed by atoms with Gasteiger partial charge in [-0.25, -0.2) is 4.39 Å². The van der Waals surface area contributed by atoms with E-state index >= 15 is 0 Å². The van der Waals surface area contributed by atoms with Gasteiger partial charge in [-0.3, -0.25) is 9.78 Å². The maximum atomic E-state index is 13.1. The molecule has 1 saturated carbocycles. The van der Waals surface area contributed by atoms with Crippen molar-refractivity contribution in [3.8, 4) is 5.75 Å². The molecule has 1 amide bonds. The van der Waals surface area contributed by atoms with Crippen LogP contribution in [0, 0.1) is 11.7 Å². The summed E-state index contributed by atoms with van der Waals surface area (Å²) in [6.45, 7) is 0.327. The Balaban J connectivity index is 1.55. The lowest BCUT2D eigenvalue weighted by Gasteiger charge is -2.14. The van der Waals surface area contributed by atoms with Gasteiger partial charge in [0.2, 0.25) is 5.91 Å². The van der Waals surface area contributed by atoms with Crippen molar-refractivity contribution in [2.45, 2.75) is 31.5 Å². The van der Waals surface area contributed by atoms with Gasteiger partial charge in [-0.1, -0.05) is 17.7 Å². The second-order valence-corrected chi connectivity index (χ2v) is 7.07. The summed E-state index contributed by atoms with van der Waals surface area (Å²) in [6, 6.07) is 6.55. The first kappa shape index (κ1) is 20.4. The molecule has 2 aromatic rings. The Morgan fingerprint density at radius 3 is 2.71 bits per heavy atom. The largest absolute Gasteiger partial charge is 0.483 e. The molecule has 1 aromatic carbocycles. The van der Waals surface area contributed by atoms with Crippen molar-refractivity contribution in [1.82, 2.24) is 10.3 Å². The van der Waals surface area contributed by atoms with Crippen LogP contribution in [0.5, 0.6) is 5.75 Å². The lowest BCUT2D eigenvalue weighted by molar-refractivity contribution is -0.153. The van der Waals surface area contributed by atoms with E-state index in [1.807, 2.05) is 0 Å². The van der Waals surface area contributed by atoms with Gasteiger partial charge in [-0.2, -0.15) is 13.2 Å². The summed E-state index contributed by atoms with van der Waals surface area (Å²) < 4.78 is 54.2. The second kappa shape index (κ2) is 7.95. The fraction of sp³-hybridized carbons (Fsp3) is 0.368. The summed E-state index contributed by atoms with van der Waals surface area (Å²) in [6.07, 6.45) is -2.63. The van der Waals surface area contributed by atoms with E-state index in [2.05, 4.69) is 15.0 Å². The zero-order valence-electron chi connectivity index (χ0n) is 14.8. The van der Waals surface area contributed by atoms with Crippen LogP contribution in [0.15, 0.2) is 36.5 Å². The molecule has 150 valence electrons. The van der Waals surface area contributed by atoms with E-state index in [0.29, 0.717) is 17.1 Å². The van der Waals surface area contributed by atoms with E-state index in [-0.39, 0.29) is 23.5 Å². The van der Waals surface area contributed by atoms with E-state index in [0.717, 1.165) is 5.56 Å². The molecule has 0 spiro atoms. The highest BCUT2D eigenvalue weighted by molar-refractivity contribution is 6.31. The maximum Gasteiger partial charge on any atom is 0.422 e. The average molecular weight is 417 g/mol. The molecular weight excluding hydrogens is 400 g/mol. The Morgan fingerprint density at radius 2 is 2.11 bits per heavy atom. The van der Waals surface area contributed by atoms with Crippen molar-refractivity contribution in [2.24, 2.45) is 5.92 Å². The van der Waals surface area contributed by atoms with Crippen LogP contribution in [0.2, 0.25) is 5.02 Å². The van der Waals surface area contributed by atoms with Gasteiger partial charge >= 0.3 is 6.18 Å². The van der Waals surface area contributed by atoms with Crippen LogP contribution in [0.4, 0.5) is 17.6 Å². The third-order valence-corrected chi connectivity index (χ3v) is 4.78. The molecule has 1 fully saturated rings. The molecule has 1 N–H and O–H groups in total. The van der Waals surface area contributed by atoms with Crippen LogP contribution in [-0.4, -0.2) is 23.7 Å². The second-order valence-electron chi connectivity index (χ2n) is 6.67. The first-order chi connectivity index (χ1) is 13.1. The molecule has 0 bridgehead atoms. The minimum Gasteiger partial charge on any atom is -0.483 e. The number of rotatable bonds is 6. The third kappa shape index (κ3) is 5.13. The van der Waals surface area contributed by atoms with Gasteiger partial charge in [-0.15, -0.1) is 0 Å². The van der Waals surface area contributed by atoms with Crippen LogP contribution in [0.1, 0.15) is 36.6 Å². The summed E-state index contributed by atoms with van der Waals surface area (Å²) >= 11 is 6.04. The van der Waals surface area contributed by atoms with Crippen molar-refractivity contribution in [3.63, 3.8) is 0 Å². The lowest BCUT2D eigenvalue weighted by atomic mass is 10.1. The normalized spacial score (nSPS) is 19.8. The van der Waals surface area contributed by atoms with Crippen LogP contribution >= 0.6 is 11.6 Å². The minimum absolute atomic E-state index is 0.00666. The molecule has 0 unspecified atom stereocenters.